The minimum atomic E-state index is 0.334. The molecule has 0 saturated carbocycles. The molecule has 1 aromatic rings. The van der Waals surface area contributed by atoms with Gasteiger partial charge in [0.25, 0.3) is 0 Å². The van der Waals surface area contributed by atoms with Crippen LogP contribution < -0.4 is 4.90 Å². The van der Waals surface area contributed by atoms with Crippen LogP contribution in [0.5, 0.6) is 0 Å². The Morgan fingerprint density at radius 3 is 2.59 bits per heavy atom. The summed E-state index contributed by atoms with van der Waals surface area (Å²) < 4.78 is 0. The van der Waals surface area contributed by atoms with Gasteiger partial charge in [-0.3, -0.25) is 9.89 Å². The van der Waals surface area contributed by atoms with Crippen molar-refractivity contribution in [1.29, 1.82) is 5.41 Å². The molecule has 2 heterocycles. The molecule has 0 amide bonds. The molecule has 5 heteroatoms. The van der Waals surface area contributed by atoms with E-state index in [1.54, 1.807) is 12.3 Å². The molecule has 0 bridgehead atoms. The largest absolute Gasteiger partial charge is 0.370 e. The normalized spacial score (nSPS) is 24.2. The molecule has 5 nitrogen and oxygen atoms in total. The molecule has 0 spiro atoms. The first-order valence-corrected chi connectivity index (χ1v) is 12.3. The summed E-state index contributed by atoms with van der Waals surface area (Å²) in [6, 6.07) is 9.31. The van der Waals surface area contributed by atoms with Gasteiger partial charge < -0.3 is 15.2 Å². The molecule has 2 unspecified atom stereocenters. The van der Waals surface area contributed by atoms with Crippen molar-refractivity contribution in [3.63, 3.8) is 0 Å². The highest BCUT2D eigenvalue weighted by molar-refractivity contribution is 5.81. The van der Waals surface area contributed by atoms with Crippen molar-refractivity contribution in [1.82, 2.24) is 9.80 Å². The van der Waals surface area contributed by atoms with Gasteiger partial charge in [-0.2, -0.15) is 0 Å². The predicted octanol–water partition coefficient (Wildman–Crippen LogP) is 4.85. The van der Waals surface area contributed by atoms with Crippen LogP contribution in [0.1, 0.15) is 45.1 Å². The van der Waals surface area contributed by atoms with Gasteiger partial charge >= 0.3 is 0 Å². The zero-order valence-corrected chi connectivity index (χ0v) is 20.0. The van der Waals surface area contributed by atoms with Crippen LogP contribution in [-0.4, -0.2) is 74.1 Å². The lowest BCUT2D eigenvalue weighted by molar-refractivity contribution is 0.149. The Morgan fingerprint density at radius 2 is 1.94 bits per heavy atom. The van der Waals surface area contributed by atoms with Crippen LogP contribution in [0.2, 0.25) is 0 Å². The van der Waals surface area contributed by atoms with E-state index in [4.69, 9.17) is 5.41 Å². The molecule has 1 aromatic carbocycles. The van der Waals surface area contributed by atoms with Crippen LogP contribution >= 0.6 is 0 Å². The van der Waals surface area contributed by atoms with Crippen LogP contribution in [-0.2, 0) is 0 Å². The third-order valence-corrected chi connectivity index (χ3v) is 7.34. The second-order valence-corrected chi connectivity index (χ2v) is 9.22. The van der Waals surface area contributed by atoms with E-state index in [2.05, 4.69) is 70.5 Å². The zero-order valence-electron chi connectivity index (χ0n) is 20.0. The molecule has 174 valence electrons. The highest BCUT2D eigenvalue weighted by Crippen LogP contribution is 2.35. The van der Waals surface area contributed by atoms with Crippen molar-refractivity contribution < 1.29 is 0 Å². The molecule has 32 heavy (non-hydrogen) atoms. The molecule has 0 aromatic heterocycles. The lowest BCUT2D eigenvalue weighted by Gasteiger charge is -2.34. The molecule has 2 aliphatic heterocycles. The number of benzene rings is 1. The molecular formula is C27H41N5. The van der Waals surface area contributed by atoms with Crippen molar-refractivity contribution in [2.45, 2.75) is 45.6 Å². The second-order valence-electron chi connectivity index (χ2n) is 9.22. The summed E-state index contributed by atoms with van der Waals surface area (Å²) in [6.45, 7) is 16.9. The number of hydrogen-bond acceptors (Lipinski definition) is 5. The summed E-state index contributed by atoms with van der Waals surface area (Å²) in [7, 11) is 0. The predicted molar refractivity (Wildman–Crippen MR) is 138 cm³/mol. The first-order valence-electron chi connectivity index (χ1n) is 12.3. The molecule has 0 radical (unpaired) electrons. The minimum absolute atomic E-state index is 0.334. The van der Waals surface area contributed by atoms with E-state index in [1.165, 1.54) is 63.8 Å². The fourth-order valence-corrected chi connectivity index (χ4v) is 5.09. The Balaban J connectivity index is 1.54. The van der Waals surface area contributed by atoms with Gasteiger partial charge in [-0.25, -0.2) is 0 Å². The molecule has 2 saturated heterocycles. The molecule has 2 fully saturated rings. The smallest absolute Gasteiger partial charge is 0.0367 e. The van der Waals surface area contributed by atoms with E-state index in [0.29, 0.717) is 11.5 Å². The molecule has 2 aliphatic rings. The summed E-state index contributed by atoms with van der Waals surface area (Å²) >= 11 is 0. The SMILES string of the molecule is C=CC1(CC)CCN(CC(CC)N2CCCN(c3ccc(C=N/C=C\C=N)cc3)CC2)C1. The number of likely N-dealkylation sites (tertiary alicyclic amines) is 1. The van der Waals surface area contributed by atoms with Crippen molar-refractivity contribution in [3.8, 4) is 0 Å². The number of nitrogens with one attached hydrogen (secondary N) is 1. The number of anilines is 1. The van der Waals surface area contributed by atoms with Crippen LogP contribution in [0.4, 0.5) is 5.69 Å². The zero-order chi connectivity index (χ0) is 22.8. The van der Waals surface area contributed by atoms with Crippen LogP contribution in [0, 0.1) is 10.8 Å². The van der Waals surface area contributed by atoms with Gasteiger partial charge in [0.2, 0.25) is 0 Å². The average Bonchev–Trinajstić information content (AvgIpc) is 3.09. The highest BCUT2D eigenvalue weighted by atomic mass is 15.3. The minimum Gasteiger partial charge on any atom is -0.370 e. The summed E-state index contributed by atoms with van der Waals surface area (Å²) in [5.41, 5.74) is 2.71. The van der Waals surface area contributed by atoms with Crippen molar-refractivity contribution in [3.05, 3.63) is 54.8 Å². The molecule has 0 aliphatic carbocycles. The van der Waals surface area contributed by atoms with Crippen LogP contribution in [0.15, 0.2) is 54.2 Å². The fourth-order valence-electron chi connectivity index (χ4n) is 5.09. The number of nitrogens with zero attached hydrogens (tertiary/aromatic N) is 4. The average molecular weight is 436 g/mol. The Bertz CT molecular complexity index is 784. The van der Waals surface area contributed by atoms with E-state index in [0.717, 1.165) is 25.2 Å². The lowest BCUT2D eigenvalue weighted by atomic mass is 9.85. The Hall–Kier alpha value is -2.24. The number of rotatable bonds is 10. The van der Waals surface area contributed by atoms with Gasteiger partial charge in [0.05, 0.1) is 0 Å². The molecule has 3 rings (SSSR count). The third-order valence-electron chi connectivity index (χ3n) is 7.34. The first-order chi connectivity index (χ1) is 15.6. The van der Waals surface area contributed by atoms with Gasteiger partial charge in [0.15, 0.2) is 0 Å². The summed E-state index contributed by atoms with van der Waals surface area (Å²) in [4.78, 5) is 12.1. The Kier molecular flexibility index (Phi) is 9.24. The Morgan fingerprint density at radius 1 is 1.12 bits per heavy atom. The molecular weight excluding hydrogens is 394 g/mol. The maximum Gasteiger partial charge on any atom is 0.0367 e. The second kappa shape index (κ2) is 12.1. The monoisotopic (exact) mass is 435 g/mol. The maximum atomic E-state index is 6.99. The van der Waals surface area contributed by atoms with E-state index in [-0.39, 0.29) is 0 Å². The summed E-state index contributed by atoms with van der Waals surface area (Å²) in [5.74, 6) is 0. The topological polar surface area (TPSA) is 45.9 Å². The van der Waals surface area contributed by atoms with Crippen molar-refractivity contribution in [2.24, 2.45) is 10.4 Å². The third kappa shape index (κ3) is 6.39. The number of allylic oxidation sites excluding steroid dienone is 1. The van der Waals surface area contributed by atoms with E-state index in [1.807, 2.05) is 6.21 Å². The maximum absolute atomic E-state index is 6.99. The summed E-state index contributed by atoms with van der Waals surface area (Å²) in [5, 5.41) is 6.99. The van der Waals surface area contributed by atoms with Gasteiger partial charge in [-0.05, 0) is 56.0 Å². The molecule has 2 atom stereocenters. The van der Waals surface area contributed by atoms with Gasteiger partial charge in [0, 0.05) is 75.0 Å². The summed E-state index contributed by atoms with van der Waals surface area (Å²) in [6.07, 6.45) is 13.4. The van der Waals surface area contributed by atoms with Gasteiger partial charge in [-0.1, -0.05) is 32.1 Å². The van der Waals surface area contributed by atoms with Gasteiger partial charge in [-0.15, -0.1) is 6.58 Å². The highest BCUT2D eigenvalue weighted by Gasteiger charge is 2.35. The first kappa shape index (κ1) is 24.4. The Labute approximate surface area is 195 Å². The van der Waals surface area contributed by atoms with Gasteiger partial charge in [0.1, 0.15) is 0 Å². The molecule has 1 N–H and O–H groups in total. The number of aliphatic imine (C=N–C) groups is 1. The van der Waals surface area contributed by atoms with E-state index < -0.39 is 0 Å². The standard InChI is InChI=1S/C27H41N5/c1-4-25(22-30-18-13-27(5-2,6-3)23-30)31-16-8-17-32(20-19-31)26-11-9-24(10-12-26)21-29-15-7-14-28/h5,7,9-12,14-15,21,25,28H,2,4,6,8,13,16-20,22-23H2,1,3H3/b15-7-,28-14?,29-21?. The number of hydrogen-bond donors (Lipinski definition) is 1. The van der Waals surface area contributed by atoms with Crippen LogP contribution in [0.3, 0.4) is 0 Å². The quantitative estimate of drug-likeness (QED) is 0.422. The van der Waals surface area contributed by atoms with E-state index in [9.17, 15) is 0 Å². The lowest BCUT2D eigenvalue weighted by Crippen LogP contribution is -2.45. The fraction of sp³-hybridized carbons (Fsp3) is 0.556. The van der Waals surface area contributed by atoms with Crippen LogP contribution in [0.25, 0.3) is 0 Å². The van der Waals surface area contributed by atoms with E-state index >= 15 is 0 Å². The van der Waals surface area contributed by atoms with Crippen molar-refractivity contribution >= 4 is 18.1 Å². The van der Waals surface area contributed by atoms with Crippen molar-refractivity contribution in [2.75, 3.05) is 50.7 Å².